The van der Waals surface area contributed by atoms with E-state index in [1.54, 1.807) is 0 Å². The third kappa shape index (κ3) is 1.34. The average molecular weight is 207 g/mol. The highest BCUT2D eigenvalue weighted by Crippen LogP contribution is 2.35. The van der Waals surface area contributed by atoms with Crippen LogP contribution in [0.25, 0.3) is 0 Å². The zero-order valence-corrected chi connectivity index (χ0v) is 7.77. The molecule has 2 nitrogen and oxygen atoms in total. The van der Waals surface area contributed by atoms with Gasteiger partial charge in [0.25, 0.3) is 0 Å². The van der Waals surface area contributed by atoms with Crippen molar-refractivity contribution in [3.05, 3.63) is 0 Å². The van der Waals surface area contributed by atoms with Gasteiger partial charge in [-0.3, -0.25) is 4.79 Å². The van der Waals surface area contributed by atoms with Gasteiger partial charge in [-0.05, 0) is 0 Å². The molecule has 10 heavy (non-hydrogen) atoms. The van der Waals surface area contributed by atoms with Crippen molar-refractivity contribution in [2.45, 2.75) is 26.4 Å². The molecule has 1 unspecified atom stereocenters. The van der Waals surface area contributed by atoms with Crippen LogP contribution in [0.15, 0.2) is 0 Å². The third-order valence-corrected chi connectivity index (χ3v) is 2.47. The van der Waals surface area contributed by atoms with Crippen molar-refractivity contribution in [2.75, 3.05) is 5.33 Å². The highest BCUT2D eigenvalue weighted by Gasteiger charge is 2.40. The van der Waals surface area contributed by atoms with Gasteiger partial charge in [0.15, 0.2) is 0 Å². The molecular weight excluding hydrogens is 196 g/mol. The number of carbonyl (C=O) groups is 1. The molecule has 0 saturated carbocycles. The van der Waals surface area contributed by atoms with Crippen LogP contribution in [-0.4, -0.2) is 17.4 Å². The standard InChI is InChI=1S/C7H11BrO2/c1-7(2)3-6(9)10-5(7)4-8/h5H,3-4H2,1-2H3. The van der Waals surface area contributed by atoms with E-state index in [1.165, 1.54) is 0 Å². The molecule has 0 aromatic heterocycles. The number of alkyl halides is 1. The van der Waals surface area contributed by atoms with Crippen molar-refractivity contribution in [2.24, 2.45) is 5.41 Å². The van der Waals surface area contributed by atoms with E-state index in [0.717, 1.165) is 5.33 Å². The van der Waals surface area contributed by atoms with Crippen molar-refractivity contribution in [3.8, 4) is 0 Å². The van der Waals surface area contributed by atoms with Crippen molar-refractivity contribution < 1.29 is 9.53 Å². The fourth-order valence-electron chi connectivity index (χ4n) is 1.09. The number of carbonyl (C=O) groups excluding carboxylic acids is 1. The highest BCUT2D eigenvalue weighted by atomic mass is 79.9. The Kier molecular flexibility index (Phi) is 2.04. The highest BCUT2D eigenvalue weighted by molar-refractivity contribution is 9.09. The second-order valence-corrected chi connectivity index (χ2v) is 3.95. The summed E-state index contributed by atoms with van der Waals surface area (Å²) >= 11 is 3.30. The molecule has 1 heterocycles. The molecule has 0 radical (unpaired) electrons. The van der Waals surface area contributed by atoms with Crippen LogP contribution in [0.2, 0.25) is 0 Å². The lowest BCUT2D eigenvalue weighted by Crippen LogP contribution is -2.25. The lowest BCUT2D eigenvalue weighted by Gasteiger charge is -2.20. The molecular formula is C7H11BrO2. The Labute approximate surface area is 69.1 Å². The minimum atomic E-state index is -0.0746. The molecule has 0 aromatic rings. The molecule has 1 aliphatic rings. The van der Waals surface area contributed by atoms with Crippen molar-refractivity contribution in [1.82, 2.24) is 0 Å². The van der Waals surface area contributed by atoms with E-state index >= 15 is 0 Å². The summed E-state index contributed by atoms with van der Waals surface area (Å²) in [5, 5.41) is 0.742. The number of hydrogen-bond donors (Lipinski definition) is 0. The maximum atomic E-state index is 10.8. The Morgan fingerprint density at radius 3 is 2.60 bits per heavy atom. The predicted molar refractivity (Wildman–Crippen MR) is 42.1 cm³/mol. The SMILES string of the molecule is CC1(C)CC(=O)OC1CBr. The summed E-state index contributed by atoms with van der Waals surface area (Å²) in [5.74, 6) is -0.0746. The van der Waals surface area contributed by atoms with Crippen LogP contribution in [0.3, 0.4) is 0 Å². The van der Waals surface area contributed by atoms with E-state index < -0.39 is 0 Å². The Bertz CT molecular complexity index is 154. The smallest absolute Gasteiger partial charge is 0.306 e. The van der Waals surface area contributed by atoms with Gasteiger partial charge in [0.1, 0.15) is 6.10 Å². The largest absolute Gasteiger partial charge is 0.461 e. The van der Waals surface area contributed by atoms with Crippen LogP contribution >= 0.6 is 15.9 Å². The van der Waals surface area contributed by atoms with Crippen molar-refractivity contribution >= 4 is 21.9 Å². The lowest BCUT2D eigenvalue weighted by molar-refractivity contribution is -0.140. The van der Waals surface area contributed by atoms with Gasteiger partial charge in [-0.25, -0.2) is 0 Å². The molecule has 3 heteroatoms. The van der Waals surface area contributed by atoms with Gasteiger partial charge in [0, 0.05) is 10.7 Å². The quantitative estimate of drug-likeness (QED) is 0.483. The van der Waals surface area contributed by atoms with E-state index in [9.17, 15) is 4.79 Å². The number of esters is 1. The number of rotatable bonds is 1. The molecule has 0 amide bonds. The molecule has 0 bridgehead atoms. The molecule has 1 aliphatic heterocycles. The van der Waals surface area contributed by atoms with E-state index in [-0.39, 0.29) is 17.5 Å². The second-order valence-electron chi connectivity index (χ2n) is 3.30. The summed E-state index contributed by atoms with van der Waals surface area (Å²) in [7, 11) is 0. The van der Waals surface area contributed by atoms with Gasteiger partial charge in [-0.2, -0.15) is 0 Å². The van der Waals surface area contributed by atoms with Crippen LogP contribution in [0.4, 0.5) is 0 Å². The lowest BCUT2D eigenvalue weighted by atomic mass is 9.86. The minimum absolute atomic E-state index is 0.0145. The molecule has 1 atom stereocenters. The molecule has 0 aromatic carbocycles. The predicted octanol–water partition coefficient (Wildman–Crippen LogP) is 1.72. The first-order valence-electron chi connectivity index (χ1n) is 3.32. The normalized spacial score (nSPS) is 30.3. The van der Waals surface area contributed by atoms with E-state index in [0.29, 0.717) is 6.42 Å². The first kappa shape index (κ1) is 8.05. The molecule has 58 valence electrons. The molecule has 0 aliphatic carbocycles. The summed E-state index contributed by atoms with van der Waals surface area (Å²) in [6, 6.07) is 0. The number of cyclic esters (lactones) is 1. The molecule has 1 fully saturated rings. The van der Waals surface area contributed by atoms with Gasteiger partial charge in [-0.15, -0.1) is 0 Å². The van der Waals surface area contributed by atoms with Crippen LogP contribution in [-0.2, 0) is 9.53 Å². The van der Waals surface area contributed by atoms with E-state index in [1.807, 2.05) is 13.8 Å². The first-order valence-corrected chi connectivity index (χ1v) is 4.44. The molecule has 0 N–H and O–H groups in total. The summed E-state index contributed by atoms with van der Waals surface area (Å²) < 4.78 is 5.04. The van der Waals surface area contributed by atoms with Crippen molar-refractivity contribution in [1.29, 1.82) is 0 Å². The Balaban J connectivity index is 2.67. The third-order valence-electron chi connectivity index (χ3n) is 1.89. The number of ether oxygens (including phenoxy) is 1. The fourth-order valence-corrected chi connectivity index (χ4v) is 2.09. The Morgan fingerprint density at radius 1 is 1.80 bits per heavy atom. The van der Waals surface area contributed by atoms with Crippen LogP contribution in [0.1, 0.15) is 20.3 Å². The first-order chi connectivity index (χ1) is 4.56. The Morgan fingerprint density at radius 2 is 2.40 bits per heavy atom. The van der Waals surface area contributed by atoms with Gasteiger partial charge in [0.05, 0.1) is 6.42 Å². The van der Waals surface area contributed by atoms with Gasteiger partial charge in [0.2, 0.25) is 0 Å². The molecule has 1 rings (SSSR count). The number of halogens is 1. The van der Waals surface area contributed by atoms with Gasteiger partial charge >= 0.3 is 5.97 Å². The summed E-state index contributed by atoms with van der Waals surface area (Å²) in [4.78, 5) is 10.8. The summed E-state index contributed by atoms with van der Waals surface area (Å²) in [5.41, 5.74) is 0.0145. The van der Waals surface area contributed by atoms with Crippen molar-refractivity contribution in [3.63, 3.8) is 0 Å². The molecule has 0 spiro atoms. The van der Waals surface area contributed by atoms with Crippen LogP contribution in [0, 0.1) is 5.41 Å². The zero-order chi connectivity index (χ0) is 7.78. The van der Waals surface area contributed by atoms with Crippen LogP contribution < -0.4 is 0 Å². The maximum absolute atomic E-state index is 10.8. The summed E-state index contributed by atoms with van der Waals surface area (Å²) in [6.07, 6.45) is 0.600. The Hall–Kier alpha value is -0.0500. The van der Waals surface area contributed by atoms with E-state index in [2.05, 4.69) is 15.9 Å². The van der Waals surface area contributed by atoms with E-state index in [4.69, 9.17) is 4.74 Å². The average Bonchev–Trinajstić information content (AvgIpc) is 2.04. The van der Waals surface area contributed by atoms with Crippen LogP contribution in [0.5, 0.6) is 0 Å². The monoisotopic (exact) mass is 206 g/mol. The molecule has 1 saturated heterocycles. The van der Waals surface area contributed by atoms with Gasteiger partial charge < -0.3 is 4.74 Å². The second kappa shape index (κ2) is 2.53. The summed E-state index contributed by atoms with van der Waals surface area (Å²) in [6.45, 7) is 4.09. The topological polar surface area (TPSA) is 26.3 Å². The maximum Gasteiger partial charge on any atom is 0.306 e. The fraction of sp³-hybridized carbons (Fsp3) is 0.857. The minimum Gasteiger partial charge on any atom is -0.461 e. The number of hydrogen-bond acceptors (Lipinski definition) is 2. The van der Waals surface area contributed by atoms with Gasteiger partial charge in [-0.1, -0.05) is 29.8 Å². The zero-order valence-electron chi connectivity index (χ0n) is 6.19.